The van der Waals surface area contributed by atoms with E-state index in [-0.39, 0.29) is 11.7 Å². The molecule has 0 N–H and O–H groups in total. The lowest BCUT2D eigenvalue weighted by molar-refractivity contribution is 0.0742. The van der Waals surface area contributed by atoms with Crippen molar-refractivity contribution in [1.29, 1.82) is 0 Å². The minimum Gasteiger partial charge on any atom is -0.351 e. The van der Waals surface area contributed by atoms with Gasteiger partial charge in [0, 0.05) is 24.9 Å². The Morgan fingerprint density at radius 3 is 2.82 bits per heavy atom. The molecule has 0 bridgehead atoms. The fourth-order valence-corrected chi connectivity index (χ4v) is 2.67. The molecule has 2 heterocycles. The highest BCUT2D eigenvalue weighted by Crippen LogP contribution is 2.13. The molecule has 5 nitrogen and oxygen atoms in total. The molecule has 1 aromatic carbocycles. The van der Waals surface area contributed by atoms with Crippen molar-refractivity contribution >= 4 is 17.2 Å². The van der Waals surface area contributed by atoms with Gasteiger partial charge in [0.1, 0.15) is 0 Å². The quantitative estimate of drug-likeness (QED) is 0.726. The molecule has 0 aliphatic carbocycles. The minimum atomic E-state index is -0.195. The first kappa shape index (κ1) is 14.5. The second-order valence-electron chi connectivity index (χ2n) is 4.99. The molecule has 0 spiro atoms. The molecule has 0 aliphatic rings. The summed E-state index contributed by atoms with van der Waals surface area (Å²) < 4.78 is 5.18. The third-order valence-electron chi connectivity index (χ3n) is 3.23. The van der Waals surface area contributed by atoms with Crippen LogP contribution in [-0.4, -0.2) is 28.0 Å². The van der Waals surface area contributed by atoms with E-state index in [9.17, 15) is 4.79 Å². The molecule has 0 atom stereocenters. The molecule has 3 rings (SSSR count). The van der Waals surface area contributed by atoms with Gasteiger partial charge in [-0.3, -0.25) is 4.79 Å². The van der Waals surface area contributed by atoms with Crippen molar-refractivity contribution in [3.63, 3.8) is 0 Å². The zero-order chi connectivity index (χ0) is 15.4. The Morgan fingerprint density at radius 2 is 2.09 bits per heavy atom. The van der Waals surface area contributed by atoms with Gasteiger partial charge in [0.25, 0.3) is 5.91 Å². The molecule has 2 aromatic heterocycles. The topological polar surface area (TPSA) is 59.2 Å². The largest absolute Gasteiger partial charge is 0.351 e. The molecular weight excluding hydrogens is 298 g/mol. The van der Waals surface area contributed by atoms with E-state index in [1.54, 1.807) is 23.5 Å². The van der Waals surface area contributed by atoms with Crippen LogP contribution in [-0.2, 0) is 13.0 Å². The molecule has 22 heavy (non-hydrogen) atoms. The molecule has 0 aliphatic heterocycles. The van der Waals surface area contributed by atoms with E-state index in [4.69, 9.17) is 4.52 Å². The SMILES string of the molecule is CN(Cc1cscn1)C(=O)c1cc(Cc2ccccc2)no1. The fraction of sp³-hybridized carbons (Fsp3) is 0.188. The van der Waals surface area contributed by atoms with Crippen LogP contribution in [0.25, 0.3) is 0 Å². The lowest BCUT2D eigenvalue weighted by Crippen LogP contribution is -2.25. The highest BCUT2D eigenvalue weighted by atomic mass is 32.1. The summed E-state index contributed by atoms with van der Waals surface area (Å²) in [5, 5.41) is 5.90. The Morgan fingerprint density at radius 1 is 1.27 bits per heavy atom. The molecular formula is C16H15N3O2S. The monoisotopic (exact) mass is 313 g/mol. The molecule has 0 radical (unpaired) electrons. The van der Waals surface area contributed by atoms with Gasteiger partial charge in [-0.15, -0.1) is 11.3 Å². The van der Waals surface area contributed by atoms with Gasteiger partial charge in [-0.1, -0.05) is 35.5 Å². The van der Waals surface area contributed by atoms with E-state index in [0.717, 1.165) is 17.0 Å². The highest BCUT2D eigenvalue weighted by molar-refractivity contribution is 7.07. The van der Waals surface area contributed by atoms with Crippen molar-refractivity contribution in [3.8, 4) is 0 Å². The second kappa shape index (κ2) is 6.53. The first-order valence-electron chi connectivity index (χ1n) is 6.84. The summed E-state index contributed by atoms with van der Waals surface area (Å²) >= 11 is 1.51. The van der Waals surface area contributed by atoms with Gasteiger partial charge in [0.05, 0.1) is 23.4 Å². The number of rotatable bonds is 5. The van der Waals surface area contributed by atoms with Crippen LogP contribution in [0.15, 0.2) is 51.8 Å². The summed E-state index contributed by atoms with van der Waals surface area (Å²) in [4.78, 5) is 18.0. The zero-order valence-corrected chi connectivity index (χ0v) is 12.9. The van der Waals surface area contributed by atoms with Gasteiger partial charge < -0.3 is 9.42 Å². The van der Waals surface area contributed by atoms with E-state index in [0.29, 0.717) is 13.0 Å². The van der Waals surface area contributed by atoms with Crippen LogP contribution < -0.4 is 0 Å². The maximum Gasteiger partial charge on any atom is 0.292 e. The van der Waals surface area contributed by atoms with Crippen LogP contribution in [0.4, 0.5) is 0 Å². The third-order valence-corrected chi connectivity index (χ3v) is 3.86. The maximum atomic E-state index is 12.3. The fourth-order valence-electron chi connectivity index (χ4n) is 2.12. The Hall–Kier alpha value is -2.47. The van der Waals surface area contributed by atoms with Crippen molar-refractivity contribution in [2.24, 2.45) is 0 Å². The van der Waals surface area contributed by atoms with E-state index in [1.165, 1.54) is 11.3 Å². The maximum absolute atomic E-state index is 12.3. The average molecular weight is 313 g/mol. The molecule has 112 valence electrons. The van der Waals surface area contributed by atoms with E-state index < -0.39 is 0 Å². The second-order valence-corrected chi connectivity index (χ2v) is 5.70. The van der Waals surface area contributed by atoms with Gasteiger partial charge in [-0.25, -0.2) is 4.98 Å². The van der Waals surface area contributed by atoms with Crippen molar-refractivity contribution < 1.29 is 9.32 Å². The van der Waals surface area contributed by atoms with E-state index in [1.807, 2.05) is 35.7 Å². The van der Waals surface area contributed by atoms with E-state index >= 15 is 0 Å². The van der Waals surface area contributed by atoms with Gasteiger partial charge in [-0.2, -0.15) is 0 Å². The Labute approximate surface area is 132 Å². The Bertz CT molecular complexity index is 738. The molecule has 0 saturated carbocycles. The van der Waals surface area contributed by atoms with Crippen molar-refractivity contribution in [3.05, 3.63) is 70.0 Å². The zero-order valence-electron chi connectivity index (χ0n) is 12.1. The third kappa shape index (κ3) is 3.40. The predicted molar refractivity (Wildman–Crippen MR) is 83.7 cm³/mol. The number of carbonyl (C=O) groups excluding carboxylic acids is 1. The van der Waals surface area contributed by atoms with Crippen LogP contribution in [0.3, 0.4) is 0 Å². The van der Waals surface area contributed by atoms with Crippen molar-refractivity contribution in [1.82, 2.24) is 15.0 Å². The predicted octanol–water partition coefficient (Wildman–Crippen LogP) is 2.99. The number of hydrogen-bond donors (Lipinski definition) is 0. The summed E-state index contributed by atoms with van der Waals surface area (Å²) in [5.74, 6) is 0.0588. The average Bonchev–Trinajstić information content (AvgIpc) is 3.19. The Balaban J connectivity index is 1.66. The van der Waals surface area contributed by atoms with E-state index in [2.05, 4.69) is 10.1 Å². The number of nitrogens with zero attached hydrogens (tertiary/aromatic N) is 3. The highest BCUT2D eigenvalue weighted by Gasteiger charge is 2.18. The Kier molecular flexibility index (Phi) is 4.29. The van der Waals surface area contributed by atoms with Gasteiger partial charge >= 0.3 is 0 Å². The number of hydrogen-bond acceptors (Lipinski definition) is 5. The van der Waals surface area contributed by atoms with Gasteiger partial charge in [0.15, 0.2) is 0 Å². The van der Waals surface area contributed by atoms with Crippen LogP contribution in [0.1, 0.15) is 27.5 Å². The van der Waals surface area contributed by atoms with Gasteiger partial charge in [0.2, 0.25) is 5.76 Å². The molecule has 0 fully saturated rings. The molecule has 0 unspecified atom stereocenters. The lowest BCUT2D eigenvalue weighted by Gasteiger charge is -2.13. The van der Waals surface area contributed by atoms with Crippen molar-refractivity contribution in [2.45, 2.75) is 13.0 Å². The van der Waals surface area contributed by atoms with Crippen LogP contribution in [0.5, 0.6) is 0 Å². The smallest absolute Gasteiger partial charge is 0.292 e. The van der Waals surface area contributed by atoms with Crippen LogP contribution >= 0.6 is 11.3 Å². The minimum absolute atomic E-state index is 0.195. The number of carbonyl (C=O) groups is 1. The normalized spacial score (nSPS) is 10.6. The molecule has 3 aromatic rings. The first-order valence-corrected chi connectivity index (χ1v) is 7.78. The summed E-state index contributed by atoms with van der Waals surface area (Å²) in [5.41, 5.74) is 4.49. The summed E-state index contributed by atoms with van der Waals surface area (Å²) in [7, 11) is 1.72. The molecule has 0 saturated heterocycles. The summed E-state index contributed by atoms with van der Waals surface area (Å²) in [6.45, 7) is 0.455. The first-order chi connectivity index (χ1) is 10.7. The van der Waals surface area contributed by atoms with Crippen molar-refractivity contribution in [2.75, 3.05) is 7.05 Å². The summed E-state index contributed by atoms with van der Waals surface area (Å²) in [6.07, 6.45) is 0.646. The number of amides is 1. The summed E-state index contributed by atoms with van der Waals surface area (Å²) in [6, 6.07) is 11.7. The number of aromatic nitrogens is 2. The van der Waals surface area contributed by atoms with Gasteiger partial charge in [-0.05, 0) is 5.56 Å². The van der Waals surface area contributed by atoms with Crippen LogP contribution in [0.2, 0.25) is 0 Å². The standard InChI is InChI=1S/C16H15N3O2S/c1-19(9-14-10-22-11-17-14)16(20)15-8-13(18-21-15)7-12-5-3-2-4-6-12/h2-6,8,10-11H,7,9H2,1H3. The van der Waals surface area contributed by atoms with Crippen LogP contribution in [0, 0.1) is 0 Å². The number of thiazole rings is 1. The lowest BCUT2D eigenvalue weighted by atomic mass is 10.1. The molecule has 1 amide bonds. The number of benzene rings is 1. The molecule has 6 heteroatoms.